The standard InChI is InChI=1S/C19H40N6O9P2/c1-16(15(30-4)14(21)7-5-6-8-20)11-17(2,32-24-34-23-31-16)36(29)19(28,35-33-18(3,26)27)12-25-10-9-22-13-25/h9-10,13-15,23-24,26-29,35H,5-8,11-12,20-21H2,1-4H3/t14?,15?,16?,17-,19?,36+/m0/s1. The minimum atomic E-state index is -2.55. The maximum atomic E-state index is 11.6. The van der Waals surface area contributed by atoms with Gasteiger partial charge in [0.2, 0.25) is 0 Å². The predicted molar refractivity (Wildman–Crippen MR) is 131 cm³/mol. The molecule has 0 saturated carbocycles. The molecule has 7 atom stereocenters. The van der Waals surface area contributed by atoms with E-state index >= 15 is 0 Å². The molecule has 0 bridgehead atoms. The molecule has 0 amide bonds. The van der Waals surface area contributed by atoms with Crippen LogP contribution in [0.25, 0.3) is 0 Å². The quantitative estimate of drug-likeness (QED) is 0.0814. The molecular weight excluding hydrogens is 518 g/mol. The van der Waals surface area contributed by atoms with E-state index in [1.165, 1.54) is 24.2 Å². The van der Waals surface area contributed by atoms with Crippen molar-refractivity contribution in [1.82, 2.24) is 20.8 Å². The Bertz CT molecular complexity index is 779. The molecule has 2 rings (SSSR count). The maximum Gasteiger partial charge on any atom is 0.277 e. The van der Waals surface area contributed by atoms with Gasteiger partial charge in [-0.05, 0) is 33.2 Å². The summed E-state index contributed by atoms with van der Waals surface area (Å²) in [6.07, 6.45) is 5.98. The molecular formula is C19H40N6O9P2. The molecule has 1 aromatic rings. The Balaban J connectivity index is 2.37. The number of nitrogens with two attached hydrogens (primary N) is 2. The van der Waals surface area contributed by atoms with Crippen molar-refractivity contribution in [3.05, 3.63) is 18.7 Å². The second-order valence-corrected chi connectivity index (χ2v) is 13.2. The number of aromatic nitrogens is 2. The Hall–Kier alpha value is -0.450. The summed E-state index contributed by atoms with van der Waals surface area (Å²) in [5.74, 6) is -2.54. The minimum Gasteiger partial charge on any atom is -0.377 e. The number of imidazole rings is 1. The lowest BCUT2D eigenvalue weighted by Gasteiger charge is -2.48. The molecule has 0 aromatic carbocycles. The molecule has 36 heavy (non-hydrogen) atoms. The van der Waals surface area contributed by atoms with Gasteiger partial charge in [-0.15, -0.1) is 0 Å². The number of rotatable bonds is 14. The van der Waals surface area contributed by atoms with Crippen molar-refractivity contribution in [3.63, 3.8) is 0 Å². The summed E-state index contributed by atoms with van der Waals surface area (Å²) in [5, 5.41) is 27.4. The van der Waals surface area contributed by atoms with Crippen molar-refractivity contribution < 1.29 is 44.1 Å². The third-order valence-corrected chi connectivity index (χ3v) is 9.57. The first-order valence-electron chi connectivity index (χ1n) is 11.4. The first-order chi connectivity index (χ1) is 16.8. The topological polar surface area (TPSA) is 221 Å². The van der Waals surface area contributed by atoms with E-state index in [1.54, 1.807) is 20.0 Å². The second kappa shape index (κ2) is 13.6. The van der Waals surface area contributed by atoms with Gasteiger partial charge in [-0.3, -0.25) is 9.68 Å². The highest BCUT2D eigenvalue weighted by atomic mass is 31.2. The molecule has 15 nitrogen and oxygen atoms in total. The number of nitrogens with one attached hydrogen (secondary N) is 2. The van der Waals surface area contributed by atoms with Crippen LogP contribution in [0.15, 0.2) is 18.7 Å². The monoisotopic (exact) mass is 558 g/mol. The molecule has 1 aromatic heterocycles. The summed E-state index contributed by atoms with van der Waals surface area (Å²) in [4.78, 5) is 32.0. The number of hydrogen-bond acceptors (Lipinski definition) is 14. The average molecular weight is 559 g/mol. The Morgan fingerprint density at radius 2 is 1.97 bits per heavy atom. The van der Waals surface area contributed by atoms with Gasteiger partial charge in [-0.25, -0.2) is 4.98 Å². The third-order valence-electron chi connectivity index (χ3n) is 5.70. The van der Waals surface area contributed by atoms with E-state index in [0.29, 0.717) is 13.0 Å². The highest BCUT2D eigenvalue weighted by Gasteiger charge is 2.56. The van der Waals surface area contributed by atoms with Crippen LogP contribution in [0.3, 0.4) is 0 Å². The Labute approximate surface area is 213 Å². The van der Waals surface area contributed by atoms with Gasteiger partial charge in [0.15, 0.2) is 5.08 Å². The number of hydrogen-bond donors (Lipinski definition) is 8. The Morgan fingerprint density at radius 1 is 1.28 bits per heavy atom. The van der Waals surface area contributed by atoms with Crippen molar-refractivity contribution in [2.24, 2.45) is 11.5 Å². The molecule has 1 saturated heterocycles. The first kappa shape index (κ1) is 31.8. The fourth-order valence-corrected chi connectivity index (χ4v) is 7.61. The SMILES string of the molecule is COC(C(N)CCCCN)C1(C)C[C@](C)([P@@](O)C(O)(Cn2ccnc2)POC(C)(O)O)ONONO1. The molecule has 0 radical (unpaired) electrons. The van der Waals surface area contributed by atoms with E-state index in [-0.39, 0.29) is 13.0 Å². The van der Waals surface area contributed by atoms with Crippen LogP contribution >= 0.6 is 17.0 Å². The molecule has 1 aliphatic heterocycles. The van der Waals surface area contributed by atoms with Crippen LogP contribution in [-0.4, -0.2) is 77.6 Å². The van der Waals surface area contributed by atoms with Gasteiger partial charge in [0.05, 0.1) is 21.7 Å². The van der Waals surface area contributed by atoms with E-state index in [1.807, 2.05) is 0 Å². The highest BCUT2D eigenvalue weighted by molar-refractivity contribution is 7.65. The normalized spacial score (nSPS) is 28.4. The molecule has 10 N–H and O–H groups in total. The summed E-state index contributed by atoms with van der Waals surface area (Å²) in [7, 11) is -2.02. The summed E-state index contributed by atoms with van der Waals surface area (Å²) in [6, 6.07) is -0.463. The van der Waals surface area contributed by atoms with Crippen molar-refractivity contribution >= 4 is 17.0 Å². The zero-order valence-electron chi connectivity index (χ0n) is 21.0. The van der Waals surface area contributed by atoms with Crippen LogP contribution in [0, 0.1) is 0 Å². The van der Waals surface area contributed by atoms with Gasteiger partial charge in [0.1, 0.15) is 25.2 Å². The molecule has 1 aliphatic rings. The van der Waals surface area contributed by atoms with Gasteiger partial charge in [0.25, 0.3) is 5.97 Å². The number of unbranched alkanes of at least 4 members (excludes halogenated alkanes) is 1. The predicted octanol–water partition coefficient (Wildman–Crippen LogP) is -0.574. The lowest BCUT2D eigenvalue weighted by atomic mass is 9.86. The molecule has 210 valence electrons. The molecule has 17 heteroatoms. The van der Waals surface area contributed by atoms with Crippen molar-refractivity contribution in [3.8, 4) is 0 Å². The number of nitrogens with zero attached hydrogens (tertiary/aromatic N) is 2. The zero-order valence-corrected chi connectivity index (χ0v) is 22.9. The average Bonchev–Trinajstić information content (AvgIpc) is 3.28. The van der Waals surface area contributed by atoms with Crippen LogP contribution in [0.5, 0.6) is 0 Å². The zero-order chi connectivity index (χ0) is 27.0. The van der Waals surface area contributed by atoms with Crippen molar-refractivity contribution in [1.29, 1.82) is 0 Å². The number of aliphatic hydroxyl groups is 3. The van der Waals surface area contributed by atoms with E-state index in [4.69, 9.17) is 35.3 Å². The summed E-state index contributed by atoms with van der Waals surface area (Å²) in [5.41, 5.74) is 15.3. The molecule has 0 aliphatic carbocycles. The Kier molecular flexibility index (Phi) is 12.0. The summed E-state index contributed by atoms with van der Waals surface area (Å²) < 4.78 is 12.3. The van der Waals surface area contributed by atoms with Crippen LogP contribution in [-0.2, 0) is 30.4 Å². The van der Waals surface area contributed by atoms with Crippen LogP contribution in [0.1, 0.15) is 46.5 Å². The number of ether oxygens (including phenoxy) is 1. The highest BCUT2D eigenvalue weighted by Crippen LogP contribution is 2.65. The third kappa shape index (κ3) is 8.80. The minimum absolute atomic E-state index is 0.0408. The van der Waals surface area contributed by atoms with E-state index in [0.717, 1.165) is 19.8 Å². The smallest absolute Gasteiger partial charge is 0.277 e. The van der Waals surface area contributed by atoms with Gasteiger partial charge in [-0.2, -0.15) is 4.94 Å². The summed E-state index contributed by atoms with van der Waals surface area (Å²) >= 11 is 0. The summed E-state index contributed by atoms with van der Waals surface area (Å²) in [6.45, 7) is 4.61. The number of methoxy groups -OCH3 is 1. The van der Waals surface area contributed by atoms with Crippen molar-refractivity contribution in [2.75, 3.05) is 13.7 Å². The molecule has 1 fully saturated rings. The van der Waals surface area contributed by atoms with Crippen molar-refractivity contribution in [2.45, 2.75) is 87.1 Å². The van der Waals surface area contributed by atoms with Gasteiger partial charge >= 0.3 is 0 Å². The van der Waals surface area contributed by atoms with E-state index < -0.39 is 51.1 Å². The second-order valence-electron chi connectivity index (χ2n) is 9.24. The van der Waals surface area contributed by atoms with Crippen LogP contribution in [0.4, 0.5) is 0 Å². The van der Waals surface area contributed by atoms with Crippen LogP contribution in [0.2, 0.25) is 0 Å². The fraction of sp³-hybridized carbons (Fsp3) is 0.842. The Morgan fingerprint density at radius 3 is 2.56 bits per heavy atom. The fourth-order valence-electron chi connectivity index (χ4n) is 4.14. The van der Waals surface area contributed by atoms with Crippen LogP contribution < -0.4 is 22.8 Å². The first-order valence-corrected chi connectivity index (χ1v) is 13.6. The van der Waals surface area contributed by atoms with E-state index in [9.17, 15) is 20.2 Å². The van der Waals surface area contributed by atoms with Gasteiger partial charge in [-0.1, -0.05) is 17.7 Å². The molecule has 2 heterocycles. The largest absolute Gasteiger partial charge is 0.377 e. The lowest BCUT2D eigenvalue weighted by Crippen LogP contribution is -2.60. The lowest BCUT2D eigenvalue weighted by molar-refractivity contribution is -0.369. The maximum absolute atomic E-state index is 11.6. The molecule has 0 spiro atoms. The van der Waals surface area contributed by atoms with Gasteiger partial charge < -0.3 is 45.5 Å². The van der Waals surface area contributed by atoms with E-state index in [2.05, 4.69) is 16.3 Å². The van der Waals surface area contributed by atoms with Gasteiger partial charge in [0, 0.05) is 38.9 Å². The molecule has 5 unspecified atom stereocenters.